The molecule has 18 heavy (non-hydrogen) atoms. The molecular formula is C12H13N5O. The number of amidine groups is 1. The summed E-state index contributed by atoms with van der Waals surface area (Å²) in [5.74, 6) is 0.687. The van der Waals surface area contributed by atoms with Gasteiger partial charge in [0.1, 0.15) is 18.1 Å². The summed E-state index contributed by atoms with van der Waals surface area (Å²) in [6.45, 7) is 2.67. The summed E-state index contributed by atoms with van der Waals surface area (Å²) in [7, 11) is 0. The molecular weight excluding hydrogens is 230 g/mol. The minimum absolute atomic E-state index is 0.0277. The summed E-state index contributed by atoms with van der Waals surface area (Å²) in [6.07, 6.45) is 7.10. The average molecular weight is 243 g/mol. The van der Waals surface area contributed by atoms with Crippen molar-refractivity contribution in [2.24, 2.45) is 5.16 Å². The van der Waals surface area contributed by atoms with Crippen LogP contribution in [-0.4, -0.2) is 33.1 Å². The van der Waals surface area contributed by atoms with Gasteiger partial charge in [0.15, 0.2) is 0 Å². The van der Waals surface area contributed by atoms with Gasteiger partial charge in [-0.1, -0.05) is 11.2 Å². The largest absolute Gasteiger partial charge is 0.389 e. The number of hydrogen-bond donors (Lipinski definition) is 0. The second-order valence-corrected chi connectivity index (χ2v) is 4.07. The van der Waals surface area contributed by atoms with Crippen LogP contribution in [0.25, 0.3) is 0 Å². The zero-order valence-corrected chi connectivity index (χ0v) is 9.97. The summed E-state index contributed by atoms with van der Waals surface area (Å²) in [5.41, 5.74) is 0.776. The van der Waals surface area contributed by atoms with Gasteiger partial charge < -0.3 is 4.84 Å². The number of nitrogens with zero attached hydrogens (tertiary/aromatic N) is 5. The second kappa shape index (κ2) is 4.48. The molecule has 0 N–H and O–H groups in total. The van der Waals surface area contributed by atoms with Crippen molar-refractivity contribution in [2.75, 3.05) is 11.6 Å². The summed E-state index contributed by atoms with van der Waals surface area (Å²) < 4.78 is 1.88. The molecule has 3 heterocycles. The molecule has 2 aromatic heterocycles. The first-order valence-electron chi connectivity index (χ1n) is 5.75. The zero-order chi connectivity index (χ0) is 12.4. The third-order valence-corrected chi connectivity index (χ3v) is 2.66. The Morgan fingerprint density at radius 3 is 3.00 bits per heavy atom. The lowest BCUT2D eigenvalue weighted by Gasteiger charge is -2.31. The Hall–Kier alpha value is -2.37. The molecule has 2 aromatic rings. The van der Waals surface area contributed by atoms with Crippen LogP contribution < -0.4 is 5.01 Å². The smallest absolute Gasteiger partial charge is 0.213 e. The molecule has 0 bridgehead atoms. The Labute approximate surface area is 104 Å². The van der Waals surface area contributed by atoms with E-state index in [1.54, 1.807) is 18.7 Å². The van der Waals surface area contributed by atoms with E-state index in [-0.39, 0.29) is 6.10 Å². The van der Waals surface area contributed by atoms with Crippen molar-refractivity contribution >= 4 is 5.84 Å². The maximum absolute atomic E-state index is 5.35. The number of pyridine rings is 1. The van der Waals surface area contributed by atoms with Crippen molar-refractivity contribution in [1.82, 2.24) is 14.6 Å². The van der Waals surface area contributed by atoms with Crippen LogP contribution in [0.3, 0.4) is 0 Å². The normalized spacial score (nSPS) is 19.3. The van der Waals surface area contributed by atoms with Crippen LogP contribution in [0.15, 0.2) is 48.3 Å². The number of rotatable bonds is 2. The van der Waals surface area contributed by atoms with E-state index in [9.17, 15) is 0 Å². The number of aromatic nitrogens is 3. The summed E-state index contributed by atoms with van der Waals surface area (Å²) in [4.78, 5) is 13.7. The van der Waals surface area contributed by atoms with Gasteiger partial charge in [-0.15, -0.1) is 0 Å². The Morgan fingerprint density at radius 1 is 1.33 bits per heavy atom. The van der Waals surface area contributed by atoms with Crippen molar-refractivity contribution in [2.45, 2.75) is 13.0 Å². The maximum atomic E-state index is 5.35. The highest BCUT2D eigenvalue weighted by Crippen LogP contribution is 2.11. The number of imidazole rings is 1. The Morgan fingerprint density at radius 2 is 2.28 bits per heavy atom. The van der Waals surface area contributed by atoms with Gasteiger partial charge in [-0.05, 0) is 19.1 Å². The summed E-state index contributed by atoms with van der Waals surface area (Å²) in [6, 6.07) is 5.70. The summed E-state index contributed by atoms with van der Waals surface area (Å²) in [5, 5.41) is 6.14. The van der Waals surface area contributed by atoms with E-state index in [0.29, 0.717) is 12.4 Å². The van der Waals surface area contributed by atoms with Gasteiger partial charge in [-0.25, -0.2) is 9.66 Å². The molecule has 3 rings (SSSR count). The van der Waals surface area contributed by atoms with E-state index in [4.69, 9.17) is 4.84 Å². The zero-order valence-electron chi connectivity index (χ0n) is 9.97. The van der Waals surface area contributed by atoms with Crippen LogP contribution in [0.4, 0.5) is 0 Å². The van der Waals surface area contributed by atoms with E-state index in [2.05, 4.69) is 15.1 Å². The van der Waals surface area contributed by atoms with Crippen molar-refractivity contribution in [3.63, 3.8) is 0 Å². The lowest BCUT2D eigenvalue weighted by molar-refractivity contribution is 0.0648. The van der Waals surface area contributed by atoms with Crippen molar-refractivity contribution in [1.29, 1.82) is 0 Å². The number of hydrogen-bond acceptors (Lipinski definition) is 5. The van der Waals surface area contributed by atoms with E-state index in [0.717, 1.165) is 5.69 Å². The molecule has 0 aromatic carbocycles. The van der Waals surface area contributed by atoms with E-state index >= 15 is 0 Å². The first kappa shape index (κ1) is 10.8. The average Bonchev–Trinajstić information content (AvgIpc) is 2.93. The lowest BCUT2D eigenvalue weighted by atomic mass is 10.3. The minimum Gasteiger partial charge on any atom is -0.389 e. The van der Waals surface area contributed by atoms with Crippen molar-refractivity contribution < 1.29 is 4.84 Å². The predicted octanol–water partition coefficient (Wildman–Crippen LogP) is 0.997. The van der Waals surface area contributed by atoms with Gasteiger partial charge in [0.2, 0.25) is 5.84 Å². The van der Waals surface area contributed by atoms with Gasteiger partial charge in [0.05, 0.1) is 6.54 Å². The van der Waals surface area contributed by atoms with E-state index in [1.165, 1.54) is 0 Å². The Bertz CT molecular complexity index is 537. The fraction of sp³-hybridized carbons (Fsp3) is 0.250. The molecule has 0 spiro atoms. The van der Waals surface area contributed by atoms with Gasteiger partial charge in [-0.2, -0.15) is 0 Å². The van der Waals surface area contributed by atoms with E-state index < -0.39 is 0 Å². The minimum atomic E-state index is 0.0277. The highest BCUT2D eigenvalue weighted by Gasteiger charge is 2.24. The molecule has 1 unspecified atom stereocenters. The Kier molecular flexibility index (Phi) is 2.68. The van der Waals surface area contributed by atoms with Gasteiger partial charge >= 0.3 is 0 Å². The molecule has 0 radical (unpaired) electrons. The molecule has 0 fully saturated rings. The molecule has 1 aliphatic rings. The van der Waals surface area contributed by atoms with Crippen molar-refractivity contribution in [3.8, 4) is 0 Å². The third-order valence-electron chi connectivity index (χ3n) is 2.66. The molecule has 6 heteroatoms. The molecule has 0 amide bonds. The van der Waals surface area contributed by atoms with Crippen molar-refractivity contribution in [3.05, 3.63) is 48.8 Å². The first-order chi connectivity index (χ1) is 8.84. The SMILES string of the molecule is CC1CN(n2ccnc2)C(c2ccccn2)=NO1. The molecule has 92 valence electrons. The second-order valence-electron chi connectivity index (χ2n) is 4.07. The molecule has 1 atom stereocenters. The monoisotopic (exact) mass is 243 g/mol. The fourth-order valence-corrected chi connectivity index (χ4v) is 1.82. The van der Waals surface area contributed by atoms with Gasteiger partial charge in [0, 0.05) is 18.6 Å². The van der Waals surface area contributed by atoms with E-state index in [1.807, 2.05) is 41.0 Å². The predicted molar refractivity (Wildman–Crippen MR) is 66.6 cm³/mol. The van der Waals surface area contributed by atoms with Crippen LogP contribution >= 0.6 is 0 Å². The maximum Gasteiger partial charge on any atom is 0.213 e. The lowest BCUT2D eigenvalue weighted by Crippen LogP contribution is -2.48. The molecule has 6 nitrogen and oxygen atoms in total. The van der Waals surface area contributed by atoms with Crippen LogP contribution in [0.1, 0.15) is 12.6 Å². The van der Waals surface area contributed by atoms with Crippen LogP contribution in [-0.2, 0) is 4.84 Å². The highest BCUT2D eigenvalue weighted by molar-refractivity contribution is 6.04. The molecule has 1 aliphatic heterocycles. The quantitative estimate of drug-likeness (QED) is 0.789. The first-order valence-corrected chi connectivity index (χ1v) is 5.75. The standard InChI is InChI=1S/C12H13N5O/c1-10-8-17(16-7-6-13-9-16)12(15-18-10)11-4-2-3-5-14-11/h2-7,9-10H,8H2,1H3. The van der Waals surface area contributed by atoms with Gasteiger partial charge in [0.25, 0.3) is 0 Å². The fourth-order valence-electron chi connectivity index (χ4n) is 1.82. The van der Waals surface area contributed by atoms with Gasteiger partial charge in [-0.3, -0.25) is 9.99 Å². The molecule has 0 saturated heterocycles. The topological polar surface area (TPSA) is 55.5 Å². The third kappa shape index (κ3) is 1.92. The Balaban J connectivity index is 2.00. The highest BCUT2D eigenvalue weighted by atomic mass is 16.6. The van der Waals surface area contributed by atoms with Crippen LogP contribution in [0.2, 0.25) is 0 Å². The molecule has 0 aliphatic carbocycles. The van der Waals surface area contributed by atoms with Crippen LogP contribution in [0.5, 0.6) is 0 Å². The summed E-state index contributed by atoms with van der Waals surface area (Å²) >= 11 is 0. The van der Waals surface area contributed by atoms with Crippen LogP contribution in [0, 0.1) is 0 Å². The molecule has 0 saturated carbocycles. The number of oxime groups is 1.